The summed E-state index contributed by atoms with van der Waals surface area (Å²) >= 11 is 0. The van der Waals surface area contributed by atoms with Crippen molar-refractivity contribution in [2.24, 2.45) is 5.73 Å². The first kappa shape index (κ1) is 21.3. The van der Waals surface area contributed by atoms with Crippen molar-refractivity contribution in [2.45, 2.75) is 56.4 Å². The molecule has 1 unspecified atom stereocenters. The van der Waals surface area contributed by atoms with Crippen LogP contribution >= 0.6 is 0 Å². The van der Waals surface area contributed by atoms with Crippen LogP contribution in [0.2, 0.25) is 0 Å². The fourth-order valence-corrected chi connectivity index (χ4v) is 5.17. The third-order valence-corrected chi connectivity index (χ3v) is 6.80. The average molecular weight is 425 g/mol. The summed E-state index contributed by atoms with van der Waals surface area (Å²) in [7, 11) is 0. The molecule has 4 rings (SSSR count). The summed E-state index contributed by atoms with van der Waals surface area (Å²) in [6.45, 7) is 3.46. The van der Waals surface area contributed by atoms with Crippen LogP contribution in [0, 0.1) is 11.3 Å². The van der Waals surface area contributed by atoms with E-state index in [1.54, 1.807) is 29.2 Å². The van der Waals surface area contributed by atoms with Gasteiger partial charge in [-0.05, 0) is 43.9 Å². The van der Waals surface area contributed by atoms with Gasteiger partial charge in [-0.3, -0.25) is 14.5 Å². The number of nitriles is 1. The van der Waals surface area contributed by atoms with Gasteiger partial charge in [0.2, 0.25) is 11.8 Å². The van der Waals surface area contributed by atoms with E-state index in [-0.39, 0.29) is 35.5 Å². The normalized spacial score (nSPS) is 27.4. The Balaban J connectivity index is 1.39. The van der Waals surface area contributed by atoms with Gasteiger partial charge < -0.3 is 20.6 Å². The fourth-order valence-electron chi connectivity index (χ4n) is 5.17. The first-order valence-corrected chi connectivity index (χ1v) is 10.7. The molecule has 0 spiro atoms. The number of hydrogen-bond donors (Lipinski definition) is 2. The highest BCUT2D eigenvalue weighted by Gasteiger charge is 2.51. The topological polar surface area (TPSA) is 131 Å². The van der Waals surface area contributed by atoms with Crippen LogP contribution in [0.1, 0.15) is 48.1 Å². The summed E-state index contributed by atoms with van der Waals surface area (Å²) in [5, 5.41) is 18.3. The number of aromatic carboxylic acids is 1. The summed E-state index contributed by atoms with van der Waals surface area (Å²) < 4.78 is 0. The molecule has 0 radical (unpaired) electrons. The van der Waals surface area contributed by atoms with Gasteiger partial charge in [0, 0.05) is 25.7 Å². The number of carboxylic acid groups (broad SMARTS) is 1. The predicted octanol–water partition coefficient (Wildman–Crippen LogP) is 0.573. The third-order valence-electron chi connectivity index (χ3n) is 6.80. The molecule has 0 saturated carbocycles. The third kappa shape index (κ3) is 3.77. The Morgan fingerprint density at radius 3 is 2.65 bits per heavy atom. The molecular formula is C22H27N5O4. The van der Waals surface area contributed by atoms with Gasteiger partial charge in [-0.2, -0.15) is 5.26 Å². The van der Waals surface area contributed by atoms with E-state index in [0.29, 0.717) is 32.5 Å². The van der Waals surface area contributed by atoms with Gasteiger partial charge >= 0.3 is 5.97 Å². The molecule has 2 bridgehead atoms. The van der Waals surface area contributed by atoms with Crippen molar-refractivity contribution in [1.82, 2.24) is 14.7 Å². The smallest absolute Gasteiger partial charge is 0.335 e. The molecule has 2 amide bonds. The summed E-state index contributed by atoms with van der Waals surface area (Å²) in [4.78, 5) is 42.3. The fraction of sp³-hybridized carbons (Fsp3) is 0.545. The highest BCUT2D eigenvalue weighted by Crippen LogP contribution is 2.38. The lowest BCUT2D eigenvalue weighted by atomic mass is 10.0. The Labute approximate surface area is 181 Å². The maximum absolute atomic E-state index is 13.1. The number of rotatable bonds is 6. The minimum atomic E-state index is -0.980. The molecule has 0 aromatic heterocycles. The number of carboxylic acids is 1. The van der Waals surface area contributed by atoms with Crippen molar-refractivity contribution in [3.63, 3.8) is 0 Å². The van der Waals surface area contributed by atoms with Crippen molar-refractivity contribution in [1.29, 1.82) is 5.26 Å². The van der Waals surface area contributed by atoms with E-state index < -0.39 is 18.1 Å². The second kappa shape index (κ2) is 8.29. The minimum absolute atomic E-state index is 0.0155. The van der Waals surface area contributed by atoms with Crippen LogP contribution in [0.25, 0.3) is 0 Å². The molecule has 1 aromatic carbocycles. The van der Waals surface area contributed by atoms with Crippen LogP contribution in [-0.4, -0.2) is 81.4 Å². The molecule has 31 heavy (non-hydrogen) atoms. The Morgan fingerprint density at radius 2 is 2.03 bits per heavy atom. The maximum Gasteiger partial charge on any atom is 0.335 e. The predicted molar refractivity (Wildman–Crippen MR) is 111 cm³/mol. The summed E-state index contributed by atoms with van der Waals surface area (Å²) in [5.74, 6) is -1.18. The monoisotopic (exact) mass is 425 g/mol. The lowest BCUT2D eigenvalue weighted by Gasteiger charge is -2.38. The molecule has 9 nitrogen and oxygen atoms in total. The number of amides is 2. The van der Waals surface area contributed by atoms with Crippen LogP contribution in [-0.2, 0) is 9.59 Å². The van der Waals surface area contributed by atoms with Gasteiger partial charge in [-0.1, -0.05) is 12.1 Å². The van der Waals surface area contributed by atoms with E-state index >= 15 is 0 Å². The van der Waals surface area contributed by atoms with Gasteiger partial charge in [0.25, 0.3) is 0 Å². The summed E-state index contributed by atoms with van der Waals surface area (Å²) in [5.41, 5.74) is 7.28. The number of hydrogen-bond acceptors (Lipinski definition) is 6. The van der Waals surface area contributed by atoms with Gasteiger partial charge in [-0.25, -0.2) is 4.79 Å². The molecule has 164 valence electrons. The van der Waals surface area contributed by atoms with Crippen LogP contribution in [0.15, 0.2) is 24.3 Å². The summed E-state index contributed by atoms with van der Waals surface area (Å²) in [6, 6.07) is 7.19. The number of carbonyl (C=O) groups excluding carboxylic acids is 2. The van der Waals surface area contributed by atoms with Crippen molar-refractivity contribution in [2.75, 3.05) is 19.6 Å². The molecule has 3 aliphatic heterocycles. The molecule has 0 aliphatic carbocycles. The number of benzene rings is 1. The van der Waals surface area contributed by atoms with Crippen molar-refractivity contribution < 1.29 is 19.5 Å². The van der Waals surface area contributed by atoms with Gasteiger partial charge in [0.05, 0.1) is 29.8 Å². The SMILES string of the molecule is C[C@@H](c1ccc(C(=O)O)cc1)N1C(=O)[C@H]2CC1CN2C[C@H](N)C(=O)N1CCC[C@H]1C#N. The molecular weight excluding hydrogens is 398 g/mol. The average Bonchev–Trinajstić information content (AvgIpc) is 3.47. The van der Waals surface area contributed by atoms with E-state index in [2.05, 4.69) is 6.07 Å². The lowest BCUT2D eigenvalue weighted by Crippen LogP contribution is -2.56. The number of nitrogens with zero attached hydrogens (tertiary/aromatic N) is 4. The minimum Gasteiger partial charge on any atom is -0.478 e. The number of piperazine rings is 1. The van der Waals surface area contributed by atoms with Crippen molar-refractivity contribution >= 4 is 17.8 Å². The quantitative estimate of drug-likeness (QED) is 0.681. The first-order valence-electron chi connectivity index (χ1n) is 10.7. The second-order valence-electron chi connectivity index (χ2n) is 8.63. The van der Waals surface area contributed by atoms with Crippen LogP contribution < -0.4 is 5.73 Å². The zero-order valence-corrected chi connectivity index (χ0v) is 17.5. The molecule has 9 heteroatoms. The van der Waals surface area contributed by atoms with E-state index in [1.807, 2.05) is 16.7 Å². The molecule has 3 fully saturated rings. The molecule has 1 aromatic rings. The Hall–Kier alpha value is -2.96. The Bertz CT molecular complexity index is 927. The highest BCUT2D eigenvalue weighted by molar-refractivity contribution is 5.88. The highest BCUT2D eigenvalue weighted by atomic mass is 16.4. The molecule has 3 N–H and O–H groups in total. The zero-order chi connectivity index (χ0) is 22.3. The van der Waals surface area contributed by atoms with E-state index in [9.17, 15) is 19.6 Å². The number of fused-ring (bicyclic) bond motifs is 2. The van der Waals surface area contributed by atoms with Crippen molar-refractivity contribution in [3.05, 3.63) is 35.4 Å². The van der Waals surface area contributed by atoms with Gasteiger partial charge in [-0.15, -0.1) is 0 Å². The van der Waals surface area contributed by atoms with Gasteiger partial charge in [0.1, 0.15) is 6.04 Å². The van der Waals surface area contributed by atoms with Crippen LogP contribution in [0.5, 0.6) is 0 Å². The standard InChI is InChI=1S/C22H27N5O4/c1-13(14-4-6-15(7-5-14)22(30)31)27-17-9-19(21(27)29)25(11-17)12-18(24)20(28)26-8-2-3-16(26)10-23/h4-7,13,16-19H,2-3,8-9,11-12,24H2,1H3,(H,30,31)/t13-,16-,17?,18-,19+/m0/s1. The summed E-state index contributed by atoms with van der Waals surface area (Å²) in [6.07, 6.45) is 2.19. The molecule has 5 atom stereocenters. The molecule has 3 aliphatic rings. The maximum atomic E-state index is 13.1. The van der Waals surface area contributed by atoms with Crippen LogP contribution in [0.3, 0.4) is 0 Å². The van der Waals surface area contributed by atoms with E-state index in [0.717, 1.165) is 12.0 Å². The number of nitrogens with two attached hydrogens (primary N) is 1. The molecule has 3 saturated heterocycles. The Kier molecular flexibility index (Phi) is 5.69. The second-order valence-corrected chi connectivity index (χ2v) is 8.63. The number of carbonyl (C=O) groups is 3. The van der Waals surface area contributed by atoms with Crippen molar-refractivity contribution in [3.8, 4) is 6.07 Å². The van der Waals surface area contributed by atoms with E-state index in [4.69, 9.17) is 10.8 Å². The zero-order valence-electron chi connectivity index (χ0n) is 17.5. The molecule has 3 heterocycles. The first-order chi connectivity index (χ1) is 14.8. The van der Waals surface area contributed by atoms with E-state index in [1.165, 1.54) is 0 Å². The largest absolute Gasteiger partial charge is 0.478 e. The number of likely N-dealkylation sites (tertiary alicyclic amines) is 3. The van der Waals surface area contributed by atoms with Crippen LogP contribution in [0.4, 0.5) is 0 Å². The lowest BCUT2D eigenvalue weighted by molar-refractivity contribution is -0.141. The van der Waals surface area contributed by atoms with Gasteiger partial charge in [0.15, 0.2) is 0 Å². The Morgan fingerprint density at radius 1 is 1.32 bits per heavy atom.